The van der Waals surface area contributed by atoms with Gasteiger partial charge in [-0.1, -0.05) is 0 Å². The smallest absolute Gasteiger partial charge is 0.308 e. The minimum absolute atomic E-state index is 0.0398. The van der Waals surface area contributed by atoms with Gasteiger partial charge in [0.2, 0.25) is 5.91 Å². The first-order valence-corrected chi connectivity index (χ1v) is 6.13. The van der Waals surface area contributed by atoms with Crippen molar-refractivity contribution >= 4 is 29.2 Å². The summed E-state index contributed by atoms with van der Waals surface area (Å²) < 4.78 is 4.88. The van der Waals surface area contributed by atoms with E-state index in [2.05, 4.69) is 5.32 Å². The molecule has 0 bridgehead atoms. The first-order valence-electron chi connectivity index (χ1n) is 6.13. The Balaban J connectivity index is 3.58. The largest absolute Gasteiger partial charge is 0.424 e. The van der Waals surface area contributed by atoms with Crippen LogP contribution < -0.4 is 10.1 Å². The highest BCUT2D eigenvalue weighted by molar-refractivity contribution is 6.00. The summed E-state index contributed by atoms with van der Waals surface area (Å²) in [6.45, 7) is 2.25. The summed E-state index contributed by atoms with van der Waals surface area (Å²) in [5.74, 6) is -2.09. The number of benzene rings is 1. The van der Waals surface area contributed by atoms with Gasteiger partial charge in [-0.15, -0.1) is 0 Å². The molecule has 0 saturated heterocycles. The van der Waals surface area contributed by atoms with Gasteiger partial charge in [-0.05, 0) is 6.07 Å². The molecule has 0 unspecified atom stereocenters. The van der Waals surface area contributed by atoms with E-state index in [0.717, 1.165) is 19.9 Å². The van der Waals surface area contributed by atoms with E-state index in [1.54, 1.807) is 0 Å². The molecule has 0 heterocycles. The molecule has 0 radical (unpaired) electrons. The molecule has 1 N–H and O–H groups in total. The topological polar surface area (TPSA) is 119 Å². The molecule has 2 amide bonds. The average Bonchev–Trinajstić information content (AvgIpc) is 2.37. The normalized spacial score (nSPS) is 9.82. The van der Waals surface area contributed by atoms with E-state index in [1.165, 1.54) is 25.1 Å². The summed E-state index contributed by atoms with van der Waals surface area (Å²) in [5, 5.41) is 13.4. The highest BCUT2D eigenvalue weighted by Crippen LogP contribution is 2.36. The highest BCUT2D eigenvalue weighted by Gasteiger charge is 2.25. The van der Waals surface area contributed by atoms with E-state index in [-0.39, 0.29) is 17.0 Å². The molecule has 118 valence electrons. The van der Waals surface area contributed by atoms with Crippen LogP contribution in [-0.2, 0) is 9.59 Å². The predicted octanol–water partition coefficient (Wildman–Crippen LogP) is 1.18. The lowest BCUT2D eigenvalue weighted by Crippen LogP contribution is -2.22. The van der Waals surface area contributed by atoms with Crippen molar-refractivity contribution in [3.05, 3.63) is 27.8 Å². The summed E-state index contributed by atoms with van der Waals surface area (Å²) in [4.78, 5) is 45.9. The fourth-order valence-electron chi connectivity index (χ4n) is 1.66. The number of carbonyl (C=O) groups excluding carboxylic acids is 3. The molecule has 1 aromatic rings. The van der Waals surface area contributed by atoms with Crippen LogP contribution >= 0.6 is 0 Å². The van der Waals surface area contributed by atoms with Gasteiger partial charge < -0.3 is 15.0 Å². The maximum Gasteiger partial charge on any atom is 0.308 e. The van der Waals surface area contributed by atoms with Crippen molar-refractivity contribution in [2.24, 2.45) is 0 Å². The van der Waals surface area contributed by atoms with Crippen LogP contribution in [0.4, 0.5) is 11.4 Å². The van der Waals surface area contributed by atoms with Crippen LogP contribution in [0.15, 0.2) is 12.1 Å². The second-order valence-corrected chi connectivity index (χ2v) is 4.60. The van der Waals surface area contributed by atoms with Crippen molar-refractivity contribution in [3.63, 3.8) is 0 Å². The van der Waals surface area contributed by atoms with E-state index < -0.39 is 28.4 Å². The molecule has 0 aliphatic heterocycles. The number of anilines is 1. The van der Waals surface area contributed by atoms with Gasteiger partial charge in [-0.25, -0.2) is 0 Å². The maximum atomic E-state index is 12.0. The van der Waals surface area contributed by atoms with Crippen molar-refractivity contribution in [1.29, 1.82) is 0 Å². The third-order valence-corrected chi connectivity index (χ3v) is 2.49. The lowest BCUT2D eigenvalue weighted by molar-refractivity contribution is -0.384. The highest BCUT2D eigenvalue weighted by atomic mass is 16.6. The van der Waals surface area contributed by atoms with Crippen molar-refractivity contribution in [1.82, 2.24) is 4.90 Å². The average molecular weight is 309 g/mol. The van der Waals surface area contributed by atoms with E-state index in [4.69, 9.17) is 4.74 Å². The van der Waals surface area contributed by atoms with Gasteiger partial charge in [-0.3, -0.25) is 24.5 Å². The Morgan fingerprint density at radius 3 is 2.23 bits per heavy atom. The fourth-order valence-corrected chi connectivity index (χ4v) is 1.66. The predicted molar refractivity (Wildman–Crippen MR) is 76.7 cm³/mol. The van der Waals surface area contributed by atoms with Crippen LogP contribution in [0.25, 0.3) is 0 Å². The molecular weight excluding hydrogens is 294 g/mol. The van der Waals surface area contributed by atoms with E-state index in [9.17, 15) is 24.5 Å². The van der Waals surface area contributed by atoms with Gasteiger partial charge in [0, 0.05) is 34.0 Å². The second kappa shape index (κ2) is 6.66. The molecule has 9 nitrogen and oxygen atoms in total. The first kappa shape index (κ1) is 17.1. The summed E-state index contributed by atoms with van der Waals surface area (Å²) in [6.07, 6.45) is 0. The van der Waals surface area contributed by atoms with E-state index in [1.807, 2.05) is 0 Å². The summed E-state index contributed by atoms with van der Waals surface area (Å²) in [5.41, 5.74) is -0.857. The number of hydrogen-bond donors (Lipinski definition) is 1. The van der Waals surface area contributed by atoms with Crippen LogP contribution in [-0.4, -0.2) is 41.7 Å². The Kier molecular flexibility index (Phi) is 5.17. The maximum absolute atomic E-state index is 12.0. The van der Waals surface area contributed by atoms with E-state index in [0.29, 0.717) is 0 Å². The molecule has 0 spiro atoms. The number of rotatable bonds is 4. The SMILES string of the molecule is CC(=O)Nc1c(OC(C)=O)cc(C(=O)N(C)C)cc1[N+](=O)[O-]. The van der Waals surface area contributed by atoms with Gasteiger partial charge >= 0.3 is 5.97 Å². The van der Waals surface area contributed by atoms with Crippen LogP contribution in [0.5, 0.6) is 5.75 Å². The number of nitro groups is 1. The van der Waals surface area contributed by atoms with Gasteiger partial charge in [0.05, 0.1) is 10.5 Å². The zero-order chi connectivity index (χ0) is 17.0. The Morgan fingerprint density at radius 2 is 1.82 bits per heavy atom. The van der Waals surface area contributed by atoms with Crippen LogP contribution in [0.3, 0.4) is 0 Å². The zero-order valence-corrected chi connectivity index (χ0v) is 12.5. The third-order valence-electron chi connectivity index (χ3n) is 2.49. The van der Waals surface area contributed by atoms with Crippen molar-refractivity contribution in [2.75, 3.05) is 19.4 Å². The minimum Gasteiger partial charge on any atom is -0.424 e. The zero-order valence-electron chi connectivity index (χ0n) is 12.5. The van der Waals surface area contributed by atoms with Crippen molar-refractivity contribution in [2.45, 2.75) is 13.8 Å². The molecule has 1 aromatic carbocycles. The van der Waals surface area contributed by atoms with Gasteiger partial charge in [-0.2, -0.15) is 0 Å². The van der Waals surface area contributed by atoms with Gasteiger partial charge in [0.15, 0.2) is 11.4 Å². The Morgan fingerprint density at radius 1 is 1.23 bits per heavy atom. The molecule has 9 heteroatoms. The standard InChI is InChI=1S/C13H15N3O6/c1-7(17)14-12-10(16(20)21)5-9(13(19)15(3)4)6-11(12)22-8(2)18/h5-6H,1-4H3,(H,14,17). The number of ether oxygens (including phenoxy) is 1. The Hall–Kier alpha value is -2.97. The monoisotopic (exact) mass is 309 g/mol. The number of nitrogens with zero attached hydrogens (tertiary/aromatic N) is 2. The van der Waals surface area contributed by atoms with Gasteiger partial charge in [0.25, 0.3) is 11.6 Å². The Bertz CT molecular complexity index is 653. The Labute approximate surface area is 126 Å². The van der Waals surface area contributed by atoms with Crippen LogP contribution in [0, 0.1) is 10.1 Å². The van der Waals surface area contributed by atoms with Crippen molar-refractivity contribution < 1.29 is 24.0 Å². The molecule has 0 saturated carbocycles. The molecule has 0 aliphatic carbocycles. The molecule has 22 heavy (non-hydrogen) atoms. The molecule has 0 atom stereocenters. The van der Waals surface area contributed by atoms with Crippen LogP contribution in [0.1, 0.15) is 24.2 Å². The fraction of sp³-hybridized carbons (Fsp3) is 0.308. The molecular formula is C13H15N3O6. The number of hydrogen-bond acceptors (Lipinski definition) is 6. The molecule has 0 aromatic heterocycles. The first-order chi connectivity index (χ1) is 10.1. The lowest BCUT2D eigenvalue weighted by Gasteiger charge is -2.14. The quantitative estimate of drug-likeness (QED) is 0.386. The lowest BCUT2D eigenvalue weighted by atomic mass is 10.1. The molecule has 0 aliphatic rings. The molecule has 0 fully saturated rings. The van der Waals surface area contributed by atoms with Gasteiger partial charge in [0.1, 0.15) is 0 Å². The number of nitro benzene ring substituents is 1. The second-order valence-electron chi connectivity index (χ2n) is 4.60. The van der Waals surface area contributed by atoms with E-state index >= 15 is 0 Å². The summed E-state index contributed by atoms with van der Waals surface area (Å²) in [6, 6.07) is 2.18. The number of amides is 2. The minimum atomic E-state index is -0.773. The molecule has 1 rings (SSSR count). The summed E-state index contributed by atoms with van der Waals surface area (Å²) >= 11 is 0. The summed E-state index contributed by atoms with van der Waals surface area (Å²) in [7, 11) is 2.95. The number of carbonyl (C=O) groups is 3. The van der Waals surface area contributed by atoms with Crippen molar-refractivity contribution in [3.8, 4) is 5.75 Å². The third kappa shape index (κ3) is 4.01. The van der Waals surface area contributed by atoms with Crippen LogP contribution in [0.2, 0.25) is 0 Å². The number of esters is 1. The number of nitrogens with one attached hydrogen (secondary N) is 1.